The Labute approximate surface area is 108 Å². The van der Waals surface area contributed by atoms with Gasteiger partial charge in [0.1, 0.15) is 5.60 Å². The van der Waals surface area contributed by atoms with Crippen molar-refractivity contribution in [2.45, 2.75) is 76.3 Å². The molecule has 5 heteroatoms. The molecule has 2 rings (SSSR count). The van der Waals surface area contributed by atoms with E-state index in [0.717, 1.165) is 6.42 Å². The minimum Gasteiger partial charge on any atom is -0.393 e. The summed E-state index contributed by atoms with van der Waals surface area (Å²) in [6.45, 7) is 6.91. The van der Waals surface area contributed by atoms with E-state index < -0.39 is 17.2 Å². The fourth-order valence-electron chi connectivity index (χ4n) is 2.99. The van der Waals surface area contributed by atoms with E-state index in [9.17, 15) is 10.2 Å². The first-order chi connectivity index (χ1) is 8.16. The number of rotatable bonds is 3. The van der Waals surface area contributed by atoms with Crippen LogP contribution >= 0.6 is 0 Å². The number of ether oxygens (including phenoxy) is 3. The third-order valence-corrected chi connectivity index (χ3v) is 3.55. The second kappa shape index (κ2) is 4.42. The molecule has 3 atom stereocenters. The number of fused-ring (bicyclic) bond motifs is 1. The minimum atomic E-state index is -1.14. The topological polar surface area (TPSA) is 68.2 Å². The molecule has 106 valence electrons. The average Bonchev–Trinajstić information content (AvgIpc) is 2.46. The van der Waals surface area contributed by atoms with Gasteiger partial charge in [-0.2, -0.15) is 0 Å². The third-order valence-electron chi connectivity index (χ3n) is 3.55. The van der Waals surface area contributed by atoms with Crippen molar-refractivity contribution >= 4 is 0 Å². The predicted octanol–water partition coefficient (Wildman–Crippen LogP) is 1.17. The summed E-state index contributed by atoms with van der Waals surface area (Å²) in [5, 5.41) is 19.3. The maximum Gasteiger partial charge on any atom is 0.164 e. The Balaban J connectivity index is 2.06. The highest BCUT2D eigenvalue weighted by Gasteiger charge is 2.55. The fourth-order valence-corrected chi connectivity index (χ4v) is 2.99. The van der Waals surface area contributed by atoms with Crippen molar-refractivity contribution in [3.63, 3.8) is 0 Å². The highest BCUT2D eigenvalue weighted by molar-refractivity contribution is 5.01. The Kier molecular flexibility index (Phi) is 3.49. The van der Waals surface area contributed by atoms with E-state index in [-0.39, 0.29) is 18.8 Å². The van der Waals surface area contributed by atoms with Crippen LogP contribution in [0.15, 0.2) is 0 Å². The molecule has 0 bridgehead atoms. The monoisotopic (exact) mass is 260 g/mol. The molecule has 0 radical (unpaired) electrons. The van der Waals surface area contributed by atoms with Gasteiger partial charge < -0.3 is 24.4 Å². The maximum atomic E-state index is 9.69. The van der Waals surface area contributed by atoms with E-state index in [0.29, 0.717) is 12.8 Å². The van der Waals surface area contributed by atoms with Crippen LogP contribution in [0.2, 0.25) is 0 Å². The largest absolute Gasteiger partial charge is 0.393 e. The lowest BCUT2D eigenvalue weighted by molar-refractivity contribution is -0.223. The second-order valence-corrected chi connectivity index (χ2v) is 6.29. The van der Waals surface area contributed by atoms with Gasteiger partial charge in [0.25, 0.3) is 0 Å². The highest BCUT2D eigenvalue weighted by atomic mass is 16.8. The van der Waals surface area contributed by atoms with E-state index in [4.69, 9.17) is 14.2 Å². The number of hydrogen-bond acceptors (Lipinski definition) is 5. The van der Waals surface area contributed by atoms with Crippen molar-refractivity contribution in [3.8, 4) is 0 Å². The van der Waals surface area contributed by atoms with E-state index in [2.05, 4.69) is 0 Å². The summed E-state index contributed by atoms with van der Waals surface area (Å²) in [5.74, 6) is -1.81. The first kappa shape index (κ1) is 14.2. The smallest absolute Gasteiger partial charge is 0.164 e. The van der Waals surface area contributed by atoms with E-state index in [1.165, 1.54) is 0 Å². The Bertz CT molecular complexity index is 309. The Morgan fingerprint density at radius 3 is 2.61 bits per heavy atom. The Hall–Kier alpha value is -0.200. The van der Waals surface area contributed by atoms with E-state index in [1.54, 1.807) is 13.8 Å². The lowest BCUT2D eigenvalue weighted by atomic mass is 9.81. The molecule has 0 amide bonds. The molecule has 2 fully saturated rings. The summed E-state index contributed by atoms with van der Waals surface area (Å²) in [4.78, 5) is 0. The molecule has 1 aliphatic heterocycles. The lowest BCUT2D eigenvalue weighted by Crippen LogP contribution is -2.50. The van der Waals surface area contributed by atoms with Crippen LogP contribution in [0, 0.1) is 0 Å². The van der Waals surface area contributed by atoms with Crippen LogP contribution in [0.5, 0.6) is 0 Å². The molecule has 2 N–H and O–H groups in total. The summed E-state index contributed by atoms with van der Waals surface area (Å²) < 4.78 is 17.3. The first-order valence-electron chi connectivity index (χ1n) is 6.55. The first-order valence-corrected chi connectivity index (χ1v) is 6.55. The SMILES string of the molecule is CC(C)(O)OC1CC[C@@]2(CO)OC(C)(C)OC2C1. The van der Waals surface area contributed by atoms with Crippen LogP contribution in [-0.2, 0) is 14.2 Å². The predicted molar refractivity (Wildman–Crippen MR) is 64.9 cm³/mol. The molecule has 1 aliphatic carbocycles. The quantitative estimate of drug-likeness (QED) is 0.745. The van der Waals surface area contributed by atoms with E-state index >= 15 is 0 Å². The zero-order valence-electron chi connectivity index (χ0n) is 11.6. The van der Waals surface area contributed by atoms with Gasteiger partial charge in [0.2, 0.25) is 0 Å². The van der Waals surface area contributed by atoms with E-state index in [1.807, 2.05) is 13.8 Å². The number of hydrogen-bond donors (Lipinski definition) is 2. The molecule has 0 aromatic carbocycles. The van der Waals surface area contributed by atoms with Crippen LogP contribution in [0.4, 0.5) is 0 Å². The summed E-state index contributed by atoms with van der Waals surface area (Å²) in [6.07, 6.45) is 1.82. The van der Waals surface area contributed by atoms with Gasteiger partial charge >= 0.3 is 0 Å². The Morgan fingerprint density at radius 2 is 2.06 bits per heavy atom. The second-order valence-electron chi connectivity index (χ2n) is 6.29. The van der Waals surface area contributed by atoms with Gasteiger partial charge in [-0.1, -0.05) is 0 Å². The Morgan fingerprint density at radius 1 is 1.39 bits per heavy atom. The van der Waals surface area contributed by atoms with Gasteiger partial charge in [-0.3, -0.25) is 0 Å². The molecule has 2 unspecified atom stereocenters. The summed E-state index contributed by atoms with van der Waals surface area (Å²) in [6, 6.07) is 0. The fraction of sp³-hybridized carbons (Fsp3) is 1.00. The third kappa shape index (κ3) is 2.86. The molecule has 0 spiro atoms. The van der Waals surface area contributed by atoms with Gasteiger partial charge in [-0.25, -0.2) is 0 Å². The minimum absolute atomic E-state index is 0.0453. The molecule has 5 nitrogen and oxygen atoms in total. The zero-order valence-corrected chi connectivity index (χ0v) is 11.6. The molecule has 0 aromatic heterocycles. The normalized spacial score (nSPS) is 39.7. The van der Waals surface area contributed by atoms with Crippen LogP contribution in [0.1, 0.15) is 47.0 Å². The number of aliphatic hydroxyl groups excluding tert-OH is 1. The van der Waals surface area contributed by atoms with Crippen molar-refractivity contribution in [2.75, 3.05) is 6.61 Å². The molecule has 1 saturated heterocycles. The maximum absolute atomic E-state index is 9.69. The lowest BCUT2D eigenvalue weighted by Gasteiger charge is -2.40. The van der Waals surface area contributed by atoms with Crippen LogP contribution in [-0.4, -0.2) is 46.2 Å². The summed E-state index contributed by atoms with van der Waals surface area (Å²) >= 11 is 0. The van der Waals surface area contributed by atoms with Gasteiger partial charge in [-0.05, 0) is 40.5 Å². The average molecular weight is 260 g/mol. The summed E-state index contributed by atoms with van der Waals surface area (Å²) in [7, 11) is 0. The summed E-state index contributed by atoms with van der Waals surface area (Å²) in [5.41, 5.74) is -0.608. The number of aliphatic hydroxyl groups is 2. The molecular weight excluding hydrogens is 236 g/mol. The van der Waals surface area contributed by atoms with Crippen molar-refractivity contribution in [3.05, 3.63) is 0 Å². The molecule has 0 aromatic rings. The van der Waals surface area contributed by atoms with Crippen LogP contribution in [0.3, 0.4) is 0 Å². The van der Waals surface area contributed by atoms with Crippen molar-refractivity contribution in [1.82, 2.24) is 0 Å². The molecular formula is C13H24O5. The van der Waals surface area contributed by atoms with Gasteiger partial charge in [0, 0.05) is 6.42 Å². The molecule has 1 heterocycles. The highest BCUT2D eigenvalue weighted by Crippen LogP contribution is 2.45. The molecule has 1 saturated carbocycles. The van der Waals surface area contributed by atoms with Crippen molar-refractivity contribution in [1.29, 1.82) is 0 Å². The zero-order chi connectivity index (χ0) is 13.6. The molecule has 2 aliphatic rings. The molecule has 18 heavy (non-hydrogen) atoms. The van der Waals surface area contributed by atoms with Gasteiger partial charge in [0.05, 0.1) is 18.8 Å². The van der Waals surface area contributed by atoms with Gasteiger partial charge in [-0.15, -0.1) is 0 Å². The standard InChI is InChI=1S/C13H24O5/c1-11(2,15)16-9-5-6-13(8-14)10(7-9)17-12(3,4)18-13/h9-10,14-15H,5-8H2,1-4H3/t9?,10?,13-/m0/s1. The van der Waals surface area contributed by atoms with Crippen LogP contribution < -0.4 is 0 Å². The van der Waals surface area contributed by atoms with Crippen molar-refractivity contribution in [2.24, 2.45) is 0 Å². The van der Waals surface area contributed by atoms with Crippen molar-refractivity contribution < 1.29 is 24.4 Å². The van der Waals surface area contributed by atoms with Crippen LogP contribution in [0.25, 0.3) is 0 Å². The van der Waals surface area contributed by atoms with Gasteiger partial charge in [0.15, 0.2) is 11.6 Å².